The minimum atomic E-state index is -4.75. The number of nitrogens with zero attached hydrogens (tertiary/aromatic N) is 2. The molecule has 6 nitrogen and oxygen atoms in total. The molecule has 23 heavy (non-hydrogen) atoms. The van der Waals surface area contributed by atoms with Gasteiger partial charge in [-0.15, -0.1) is 0 Å². The van der Waals surface area contributed by atoms with E-state index in [-0.39, 0.29) is 10.6 Å². The molecular formula is C13H7F3N2O4S. The van der Waals surface area contributed by atoms with Gasteiger partial charge in [-0.2, -0.15) is 13.2 Å². The molecule has 2 rings (SSSR count). The molecule has 120 valence electrons. The fourth-order valence-corrected chi connectivity index (χ4v) is 2.65. The number of nitro benzene ring substituents is 2. The Morgan fingerprint density at radius 2 is 1.39 bits per heavy atom. The fraction of sp³-hybridized carbons (Fsp3) is 0.0769. The summed E-state index contributed by atoms with van der Waals surface area (Å²) in [5.74, 6) is 0. The quantitative estimate of drug-likeness (QED) is 0.594. The maximum Gasteiger partial charge on any atom is 0.417 e. The molecule has 0 aliphatic rings. The van der Waals surface area contributed by atoms with Crippen molar-refractivity contribution >= 4 is 23.1 Å². The van der Waals surface area contributed by atoms with E-state index >= 15 is 0 Å². The van der Waals surface area contributed by atoms with Crippen LogP contribution in [-0.4, -0.2) is 9.85 Å². The smallest absolute Gasteiger partial charge is 0.258 e. The Kier molecular flexibility index (Phi) is 4.55. The lowest BCUT2D eigenvalue weighted by Gasteiger charge is -2.12. The first-order valence-electron chi connectivity index (χ1n) is 5.96. The van der Waals surface area contributed by atoms with Gasteiger partial charge < -0.3 is 0 Å². The van der Waals surface area contributed by atoms with Gasteiger partial charge in [0.25, 0.3) is 11.4 Å². The van der Waals surface area contributed by atoms with Gasteiger partial charge in [0.2, 0.25) is 0 Å². The zero-order valence-electron chi connectivity index (χ0n) is 11.1. The Bertz CT molecular complexity index is 763. The van der Waals surface area contributed by atoms with Crippen LogP contribution in [-0.2, 0) is 6.18 Å². The molecule has 0 radical (unpaired) electrons. The zero-order chi connectivity index (χ0) is 17.2. The van der Waals surface area contributed by atoms with E-state index in [9.17, 15) is 33.4 Å². The van der Waals surface area contributed by atoms with Crippen LogP contribution in [0.5, 0.6) is 0 Å². The number of benzene rings is 2. The summed E-state index contributed by atoms with van der Waals surface area (Å²) in [6, 6.07) is 7.40. The van der Waals surface area contributed by atoms with Crippen molar-refractivity contribution in [3.05, 3.63) is 68.3 Å². The van der Waals surface area contributed by atoms with Crippen LogP contribution in [0.25, 0.3) is 0 Å². The van der Waals surface area contributed by atoms with Gasteiger partial charge in [0.1, 0.15) is 0 Å². The average Bonchev–Trinajstić information content (AvgIpc) is 2.46. The third-order valence-corrected chi connectivity index (χ3v) is 3.84. The minimum absolute atomic E-state index is 0.186. The van der Waals surface area contributed by atoms with Crippen LogP contribution in [0.3, 0.4) is 0 Å². The van der Waals surface area contributed by atoms with E-state index in [1.54, 1.807) is 0 Å². The summed E-state index contributed by atoms with van der Waals surface area (Å²) in [7, 11) is 0. The van der Waals surface area contributed by atoms with Gasteiger partial charge >= 0.3 is 6.18 Å². The molecule has 0 amide bonds. The number of nitro groups is 2. The first-order valence-corrected chi connectivity index (χ1v) is 6.78. The SMILES string of the molecule is O=[N+]([O-])c1ccc(Sc2ccc([N+](=O)[O-])cc2C(F)(F)F)cc1. The second kappa shape index (κ2) is 6.24. The molecule has 10 heteroatoms. The van der Waals surface area contributed by atoms with Crippen LogP contribution in [0.1, 0.15) is 5.56 Å². The summed E-state index contributed by atoms with van der Waals surface area (Å²) in [5.41, 5.74) is -1.98. The number of alkyl halides is 3. The highest BCUT2D eigenvalue weighted by atomic mass is 32.2. The fourth-order valence-electron chi connectivity index (χ4n) is 1.70. The van der Waals surface area contributed by atoms with Crippen LogP contribution in [0.4, 0.5) is 24.5 Å². The molecule has 0 aliphatic heterocycles. The maximum atomic E-state index is 13.0. The molecule has 0 saturated heterocycles. The van der Waals surface area contributed by atoms with E-state index in [0.29, 0.717) is 22.7 Å². The molecule has 0 aliphatic carbocycles. The van der Waals surface area contributed by atoms with Crippen molar-refractivity contribution in [1.29, 1.82) is 0 Å². The first-order chi connectivity index (χ1) is 10.7. The van der Waals surface area contributed by atoms with Crippen LogP contribution in [0.2, 0.25) is 0 Å². The molecule has 0 saturated carbocycles. The second-order valence-corrected chi connectivity index (χ2v) is 5.40. The number of halogens is 3. The molecule has 0 atom stereocenters. The average molecular weight is 344 g/mol. The van der Waals surface area contributed by atoms with E-state index in [0.717, 1.165) is 12.1 Å². The van der Waals surface area contributed by atoms with Gasteiger partial charge in [-0.3, -0.25) is 20.2 Å². The van der Waals surface area contributed by atoms with Gasteiger partial charge in [-0.25, -0.2) is 0 Å². The monoisotopic (exact) mass is 344 g/mol. The van der Waals surface area contributed by atoms with Crippen molar-refractivity contribution in [2.75, 3.05) is 0 Å². The normalized spacial score (nSPS) is 11.3. The Labute approximate surface area is 131 Å². The van der Waals surface area contributed by atoms with Crippen LogP contribution in [0.15, 0.2) is 52.3 Å². The molecule has 2 aromatic rings. The molecule has 2 aromatic carbocycles. The Morgan fingerprint density at radius 1 is 0.870 bits per heavy atom. The first kappa shape index (κ1) is 16.7. The molecule has 0 bridgehead atoms. The molecule has 0 spiro atoms. The van der Waals surface area contributed by atoms with Crippen LogP contribution >= 0.6 is 11.8 Å². The zero-order valence-corrected chi connectivity index (χ0v) is 11.9. The van der Waals surface area contributed by atoms with E-state index < -0.39 is 27.3 Å². The lowest BCUT2D eigenvalue weighted by Crippen LogP contribution is -2.07. The summed E-state index contributed by atoms with van der Waals surface area (Å²) in [5, 5.41) is 21.2. The lowest BCUT2D eigenvalue weighted by atomic mass is 10.2. The summed E-state index contributed by atoms with van der Waals surface area (Å²) in [4.78, 5) is 19.7. The van der Waals surface area contributed by atoms with Gasteiger partial charge in [-0.1, -0.05) is 11.8 Å². The molecular weight excluding hydrogens is 337 g/mol. The van der Waals surface area contributed by atoms with E-state index in [4.69, 9.17) is 0 Å². The molecule has 0 aromatic heterocycles. The highest BCUT2D eigenvalue weighted by Gasteiger charge is 2.35. The largest absolute Gasteiger partial charge is 0.417 e. The number of hydrogen-bond donors (Lipinski definition) is 0. The number of hydrogen-bond acceptors (Lipinski definition) is 5. The van der Waals surface area contributed by atoms with Gasteiger partial charge in [0, 0.05) is 34.1 Å². The Morgan fingerprint density at radius 3 is 1.87 bits per heavy atom. The lowest BCUT2D eigenvalue weighted by molar-refractivity contribution is -0.385. The third kappa shape index (κ3) is 3.97. The predicted octanol–water partition coefficient (Wildman–Crippen LogP) is 4.67. The van der Waals surface area contributed by atoms with E-state index in [1.807, 2.05) is 0 Å². The maximum absolute atomic E-state index is 13.0. The van der Waals surface area contributed by atoms with Crippen LogP contribution < -0.4 is 0 Å². The van der Waals surface area contributed by atoms with Crippen molar-refractivity contribution in [3.8, 4) is 0 Å². The van der Waals surface area contributed by atoms with E-state index in [1.165, 1.54) is 24.3 Å². The van der Waals surface area contributed by atoms with Gasteiger partial charge in [0.05, 0.1) is 15.4 Å². The summed E-state index contributed by atoms with van der Waals surface area (Å²) in [6.07, 6.45) is -4.75. The molecule has 0 fully saturated rings. The van der Waals surface area contributed by atoms with Crippen LogP contribution in [0, 0.1) is 20.2 Å². The highest BCUT2D eigenvalue weighted by Crippen LogP contribution is 2.41. The van der Waals surface area contributed by atoms with Gasteiger partial charge in [-0.05, 0) is 18.2 Å². The highest BCUT2D eigenvalue weighted by molar-refractivity contribution is 7.99. The molecule has 0 heterocycles. The van der Waals surface area contributed by atoms with Crippen molar-refractivity contribution in [2.45, 2.75) is 16.0 Å². The summed E-state index contributed by atoms with van der Waals surface area (Å²) >= 11 is 0.717. The number of non-ortho nitro benzene ring substituents is 2. The molecule has 0 unspecified atom stereocenters. The summed E-state index contributed by atoms with van der Waals surface area (Å²) < 4.78 is 39.1. The Hall–Kier alpha value is -2.62. The molecule has 0 N–H and O–H groups in total. The van der Waals surface area contributed by atoms with E-state index in [2.05, 4.69) is 0 Å². The standard InChI is InChI=1S/C13H7F3N2O4S/c14-13(15,16)11-7-9(18(21)22)3-6-12(11)23-10-4-1-8(2-5-10)17(19)20/h1-7H. The predicted molar refractivity (Wildman–Crippen MR) is 75.3 cm³/mol. The third-order valence-electron chi connectivity index (χ3n) is 2.75. The minimum Gasteiger partial charge on any atom is -0.258 e. The van der Waals surface area contributed by atoms with Crippen molar-refractivity contribution < 1.29 is 23.0 Å². The van der Waals surface area contributed by atoms with Crippen molar-refractivity contribution in [2.24, 2.45) is 0 Å². The second-order valence-electron chi connectivity index (χ2n) is 4.29. The topological polar surface area (TPSA) is 86.3 Å². The van der Waals surface area contributed by atoms with Crippen molar-refractivity contribution in [3.63, 3.8) is 0 Å². The number of rotatable bonds is 4. The Balaban J connectivity index is 2.39. The van der Waals surface area contributed by atoms with Gasteiger partial charge in [0.15, 0.2) is 0 Å². The summed E-state index contributed by atoms with van der Waals surface area (Å²) in [6.45, 7) is 0. The van der Waals surface area contributed by atoms with Crippen molar-refractivity contribution in [1.82, 2.24) is 0 Å².